The van der Waals surface area contributed by atoms with Crippen molar-refractivity contribution in [3.05, 3.63) is 24.3 Å². The van der Waals surface area contributed by atoms with Crippen molar-refractivity contribution in [3.63, 3.8) is 0 Å². The van der Waals surface area contributed by atoms with Crippen LogP contribution in [-0.2, 0) is 23.2 Å². The van der Waals surface area contributed by atoms with Crippen molar-refractivity contribution in [3.8, 4) is 0 Å². The van der Waals surface area contributed by atoms with E-state index in [2.05, 4.69) is 9.05 Å². The van der Waals surface area contributed by atoms with Crippen LogP contribution in [0.5, 0.6) is 0 Å². The topological polar surface area (TPSA) is 130 Å². The molecule has 0 aliphatic rings. The van der Waals surface area contributed by atoms with Crippen molar-refractivity contribution in [1.82, 2.24) is 0 Å². The summed E-state index contributed by atoms with van der Waals surface area (Å²) >= 11 is 0. The molecule has 0 bridgehead atoms. The Morgan fingerprint density at radius 1 is 0.905 bits per heavy atom. The predicted octanol–water partition coefficient (Wildman–Crippen LogP) is 0.831. The first-order valence-electron chi connectivity index (χ1n) is 6.26. The maximum Gasteiger partial charge on any atom is 0.589 e. The Morgan fingerprint density at radius 2 is 1.29 bits per heavy atom. The average molecular weight is 322 g/mol. The zero-order valence-electron chi connectivity index (χ0n) is 11.4. The Morgan fingerprint density at radius 3 is 1.62 bits per heavy atom. The smallest absolute Gasteiger partial charge is 0.396 e. The SMILES string of the molecule is O=C(C=CCCCO)OP(=O)(O)OC(=O)C=CCCCO. The van der Waals surface area contributed by atoms with Gasteiger partial charge in [0, 0.05) is 25.4 Å². The summed E-state index contributed by atoms with van der Waals surface area (Å²) in [5, 5.41) is 17.0. The molecule has 0 aliphatic heterocycles. The van der Waals surface area contributed by atoms with Gasteiger partial charge in [0.05, 0.1) is 0 Å². The van der Waals surface area contributed by atoms with Gasteiger partial charge in [0.15, 0.2) is 0 Å². The highest BCUT2D eigenvalue weighted by atomic mass is 31.2. The van der Waals surface area contributed by atoms with Gasteiger partial charge >= 0.3 is 19.8 Å². The molecule has 0 aromatic carbocycles. The fourth-order valence-corrected chi connectivity index (χ4v) is 1.70. The van der Waals surface area contributed by atoms with E-state index in [0.29, 0.717) is 25.7 Å². The van der Waals surface area contributed by atoms with E-state index in [9.17, 15) is 19.0 Å². The number of rotatable bonds is 10. The Bertz CT molecular complexity index is 393. The molecule has 0 atom stereocenters. The molecule has 0 aromatic rings. The molecule has 0 unspecified atom stereocenters. The third-order valence-electron chi connectivity index (χ3n) is 1.98. The maximum absolute atomic E-state index is 11.3. The lowest BCUT2D eigenvalue weighted by Crippen LogP contribution is -2.05. The van der Waals surface area contributed by atoms with E-state index in [-0.39, 0.29) is 13.2 Å². The summed E-state index contributed by atoms with van der Waals surface area (Å²) in [5.74, 6) is -2.26. The third kappa shape index (κ3) is 12.0. The minimum Gasteiger partial charge on any atom is -0.396 e. The van der Waals surface area contributed by atoms with Gasteiger partial charge in [-0.2, -0.15) is 0 Å². The molecule has 0 spiro atoms. The number of phosphoric acid groups is 1. The van der Waals surface area contributed by atoms with E-state index in [1.165, 1.54) is 12.2 Å². The number of allylic oxidation sites excluding steroid dienone is 2. The molecule has 8 nitrogen and oxygen atoms in total. The molecule has 0 fully saturated rings. The molecule has 0 radical (unpaired) electrons. The second-order valence-corrected chi connectivity index (χ2v) is 5.13. The number of phosphoric ester groups is 1. The lowest BCUT2D eigenvalue weighted by molar-refractivity contribution is -0.134. The summed E-state index contributed by atoms with van der Waals surface area (Å²) in [6.45, 7) is -0.0871. The molecule has 0 aromatic heterocycles. The number of unbranched alkanes of at least 4 members (excludes halogenated alkanes) is 2. The summed E-state index contributed by atoms with van der Waals surface area (Å²) in [6, 6.07) is 0. The van der Waals surface area contributed by atoms with Gasteiger partial charge in [-0.3, -0.25) is 4.89 Å². The van der Waals surface area contributed by atoms with E-state index in [0.717, 1.165) is 12.2 Å². The zero-order valence-corrected chi connectivity index (χ0v) is 12.3. The highest BCUT2D eigenvalue weighted by molar-refractivity contribution is 7.48. The number of hydrogen-bond acceptors (Lipinski definition) is 7. The van der Waals surface area contributed by atoms with Crippen molar-refractivity contribution in [1.29, 1.82) is 0 Å². The predicted molar refractivity (Wildman–Crippen MR) is 72.9 cm³/mol. The first-order chi connectivity index (χ1) is 9.91. The van der Waals surface area contributed by atoms with E-state index in [1.54, 1.807) is 0 Å². The first-order valence-corrected chi connectivity index (χ1v) is 7.75. The lowest BCUT2D eigenvalue weighted by Gasteiger charge is -2.08. The molecular weight excluding hydrogens is 303 g/mol. The maximum atomic E-state index is 11.3. The fraction of sp³-hybridized carbons (Fsp3) is 0.500. The van der Waals surface area contributed by atoms with Gasteiger partial charge < -0.3 is 19.3 Å². The molecule has 3 N–H and O–H groups in total. The van der Waals surface area contributed by atoms with Crippen LogP contribution in [0.25, 0.3) is 0 Å². The van der Waals surface area contributed by atoms with E-state index in [4.69, 9.17) is 10.2 Å². The quantitative estimate of drug-likeness (QED) is 0.306. The molecule has 120 valence electrons. The van der Waals surface area contributed by atoms with Crippen LogP contribution in [0.1, 0.15) is 25.7 Å². The van der Waals surface area contributed by atoms with Crippen molar-refractivity contribution >= 4 is 19.8 Å². The average Bonchev–Trinajstić information content (AvgIpc) is 2.38. The summed E-state index contributed by atoms with van der Waals surface area (Å²) < 4.78 is 19.6. The van der Waals surface area contributed by atoms with Crippen molar-refractivity contribution < 1.29 is 38.3 Å². The molecule has 0 saturated heterocycles. The first kappa shape index (κ1) is 19.5. The van der Waals surface area contributed by atoms with Crippen LogP contribution in [-0.4, -0.2) is 40.3 Å². The molecule has 0 saturated carbocycles. The highest BCUT2D eigenvalue weighted by Crippen LogP contribution is 2.43. The van der Waals surface area contributed by atoms with Crippen LogP contribution in [0.4, 0.5) is 0 Å². The van der Waals surface area contributed by atoms with Crippen LogP contribution >= 0.6 is 7.82 Å². The molecule has 0 amide bonds. The van der Waals surface area contributed by atoms with Crippen LogP contribution in [0.2, 0.25) is 0 Å². The summed E-state index contributed by atoms with van der Waals surface area (Å²) in [6.07, 6.45) is 6.20. The Kier molecular flexibility index (Phi) is 10.4. The van der Waals surface area contributed by atoms with Crippen molar-refractivity contribution in [2.75, 3.05) is 13.2 Å². The minimum absolute atomic E-state index is 0.0435. The summed E-state index contributed by atoms with van der Waals surface area (Å²) in [5.41, 5.74) is 0. The monoisotopic (exact) mass is 322 g/mol. The molecule has 0 rings (SSSR count). The minimum atomic E-state index is -4.82. The van der Waals surface area contributed by atoms with Gasteiger partial charge in [-0.1, -0.05) is 12.2 Å². The number of carbonyl (C=O) groups excluding carboxylic acids is 2. The summed E-state index contributed by atoms with van der Waals surface area (Å²) in [7, 11) is -4.82. The number of aliphatic hydroxyl groups is 2. The van der Waals surface area contributed by atoms with Gasteiger partial charge in [-0.25, -0.2) is 14.2 Å². The summed E-state index contributed by atoms with van der Waals surface area (Å²) in [4.78, 5) is 31.5. The molecule has 9 heteroatoms. The van der Waals surface area contributed by atoms with Gasteiger partial charge in [0.2, 0.25) is 0 Å². The van der Waals surface area contributed by atoms with E-state index < -0.39 is 19.8 Å². The Balaban J connectivity index is 4.20. The molecule has 0 aliphatic carbocycles. The molecular formula is C12H19O8P. The largest absolute Gasteiger partial charge is 0.589 e. The normalized spacial score (nSPS) is 14.2. The second kappa shape index (κ2) is 11.2. The van der Waals surface area contributed by atoms with Gasteiger partial charge in [-0.05, 0) is 25.7 Å². The standard InChI is InChI=1S/C12H19O8P/c13-9-5-1-3-7-11(15)19-21(17,18)20-12(16)8-4-2-6-10-14/h3-4,7-8,13-14H,1-2,5-6,9-10H2,(H,17,18). The van der Waals surface area contributed by atoms with E-state index >= 15 is 0 Å². The van der Waals surface area contributed by atoms with Crippen LogP contribution in [0.15, 0.2) is 24.3 Å². The van der Waals surface area contributed by atoms with Crippen LogP contribution in [0.3, 0.4) is 0 Å². The zero-order chi connectivity index (χ0) is 16.1. The third-order valence-corrected chi connectivity index (χ3v) is 2.80. The fourth-order valence-electron chi connectivity index (χ4n) is 1.08. The van der Waals surface area contributed by atoms with Gasteiger partial charge in [-0.15, -0.1) is 0 Å². The van der Waals surface area contributed by atoms with Crippen molar-refractivity contribution in [2.24, 2.45) is 0 Å². The number of hydrogen-bond donors (Lipinski definition) is 3. The number of aliphatic hydroxyl groups excluding tert-OH is 2. The van der Waals surface area contributed by atoms with Crippen LogP contribution in [0, 0.1) is 0 Å². The Labute approximate surface area is 122 Å². The second-order valence-electron chi connectivity index (χ2n) is 3.83. The van der Waals surface area contributed by atoms with E-state index in [1.807, 2.05) is 0 Å². The lowest BCUT2D eigenvalue weighted by atomic mass is 10.3. The highest BCUT2D eigenvalue weighted by Gasteiger charge is 2.28. The van der Waals surface area contributed by atoms with Crippen LogP contribution < -0.4 is 0 Å². The molecule has 0 heterocycles. The van der Waals surface area contributed by atoms with Crippen molar-refractivity contribution in [2.45, 2.75) is 25.7 Å². The van der Waals surface area contributed by atoms with Gasteiger partial charge in [0.1, 0.15) is 0 Å². The van der Waals surface area contributed by atoms with Gasteiger partial charge in [0.25, 0.3) is 0 Å². The number of carbonyl (C=O) groups is 2. The Hall–Kier alpha value is -1.47. The molecule has 21 heavy (non-hydrogen) atoms.